The molecule has 0 aliphatic rings. The molecular formula is C17H17FO2. The largest absolute Gasteiger partial charge is 0.494 e. The topological polar surface area (TPSA) is 26.3 Å². The van der Waals surface area contributed by atoms with E-state index in [0.29, 0.717) is 6.42 Å². The van der Waals surface area contributed by atoms with E-state index in [1.165, 1.54) is 19.2 Å². The first-order chi connectivity index (χ1) is 9.61. The monoisotopic (exact) mass is 272 g/mol. The standard InChI is InChI=1S/C17H17FO2/c1-12-5-3-6-13(11-12)9-10-15(19)14-7-4-8-16(20-2)17(14)18/h3-8,11H,9-10H2,1-2H3. The average Bonchev–Trinajstić information content (AvgIpc) is 2.45. The fraction of sp³-hybridized carbons (Fsp3) is 0.235. The lowest BCUT2D eigenvalue weighted by Gasteiger charge is -2.07. The molecule has 0 aliphatic heterocycles. The number of hydrogen-bond acceptors (Lipinski definition) is 2. The van der Waals surface area contributed by atoms with E-state index in [4.69, 9.17) is 4.74 Å². The van der Waals surface area contributed by atoms with Crippen LogP contribution >= 0.6 is 0 Å². The van der Waals surface area contributed by atoms with Gasteiger partial charge in [-0.15, -0.1) is 0 Å². The minimum atomic E-state index is -0.579. The van der Waals surface area contributed by atoms with Crippen molar-refractivity contribution in [1.82, 2.24) is 0 Å². The zero-order valence-electron chi connectivity index (χ0n) is 11.7. The second-order valence-electron chi connectivity index (χ2n) is 4.73. The molecule has 0 heterocycles. The predicted octanol–water partition coefficient (Wildman–Crippen LogP) is 3.96. The molecule has 0 saturated carbocycles. The molecule has 0 spiro atoms. The maximum Gasteiger partial charge on any atom is 0.175 e. The van der Waals surface area contributed by atoms with Crippen LogP contribution in [0.2, 0.25) is 0 Å². The van der Waals surface area contributed by atoms with Gasteiger partial charge in [-0.1, -0.05) is 35.9 Å². The number of ether oxygens (including phenoxy) is 1. The molecule has 2 rings (SSSR count). The Hall–Kier alpha value is -2.16. The van der Waals surface area contributed by atoms with Crippen LogP contribution in [0.15, 0.2) is 42.5 Å². The zero-order chi connectivity index (χ0) is 14.5. The van der Waals surface area contributed by atoms with E-state index in [9.17, 15) is 9.18 Å². The third-order valence-corrected chi connectivity index (χ3v) is 3.21. The summed E-state index contributed by atoms with van der Waals surface area (Å²) in [4.78, 5) is 12.1. The van der Waals surface area contributed by atoms with Gasteiger partial charge in [0.1, 0.15) is 0 Å². The summed E-state index contributed by atoms with van der Waals surface area (Å²) in [6.07, 6.45) is 0.894. The number of methoxy groups -OCH3 is 1. The van der Waals surface area contributed by atoms with E-state index in [-0.39, 0.29) is 23.5 Å². The Morgan fingerprint density at radius 2 is 1.95 bits per heavy atom. The summed E-state index contributed by atoms with van der Waals surface area (Å²) >= 11 is 0. The lowest BCUT2D eigenvalue weighted by atomic mass is 10.0. The maximum atomic E-state index is 14.0. The van der Waals surface area contributed by atoms with Crippen molar-refractivity contribution in [2.45, 2.75) is 19.8 Å². The Kier molecular flexibility index (Phi) is 4.51. The van der Waals surface area contributed by atoms with Gasteiger partial charge in [0, 0.05) is 6.42 Å². The Morgan fingerprint density at radius 1 is 1.20 bits per heavy atom. The van der Waals surface area contributed by atoms with E-state index in [1.807, 2.05) is 31.2 Å². The minimum Gasteiger partial charge on any atom is -0.494 e. The molecule has 0 unspecified atom stereocenters. The highest BCUT2D eigenvalue weighted by Crippen LogP contribution is 2.21. The van der Waals surface area contributed by atoms with E-state index < -0.39 is 5.82 Å². The lowest BCUT2D eigenvalue weighted by Crippen LogP contribution is -2.05. The lowest BCUT2D eigenvalue weighted by molar-refractivity contribution is 0.0978. The van der Waals surface area contributed by atoms with E-state index in [0.717, 1.165) is 11.1 Å². The molecule has 0 aliphatic carbocycles. The number of aryl methyl sites for hydroxylation is 2. The van der Waals surface area contributed by atoms with E-state index in [2.05, 4.69) is 0 Å². The number of halogens is 1. The molecule has 0 saturated heterocycles. The first-order valence-corrected chi connectivity index (χ1v) is 6.53. The van der Waals surface area contributed by atoms with Crippen molar-refractivity contribution in [3.05, 3.63) is 65.0 Å². The van der Waals surface area contributed by atoms with Crippen molar-refractivity contribution in [2.75, 3.05) is 7.11 Å². The highest BCUT2D eigenvalue weighted by Gasteiger charge is 2.15. The first-order valence-electron chi connectivity index (χ1n) is 6.53. The second kappa shape index (κ2) is 6.33. The van der Waals surface area contributed by atoms with Crippen LogP contribution in [0.5, 0.6) is 5.75 Å². The van der Waals surface area contributed by atoms with Crippen LogP contribution in [0.3, 0.4) is 0 Å². The minimum absolute atomic E-state index is 0.0944. The molecule has 0 radical (unpaired) electrons. The highest BCUT2D eigenvalue weighted by atomic mass is 19.1. The molecule has 2 nitrogen and oxygen atoms in total. The van der Waals surface area contributed by atoms with Gasteiger partial charge >= 0.3 is 0 Å². The number of carbonyl (C=O) groups excluding carboxylic acids is 1. The fourth-order valence-electron chi connectivity index (χ4n) is 2.14. The molecule has 0 atom stereocenters. The molecule has 3 heteroatoms. The summed E-state index contributed by atoms with van der Waals surface area (Å²) < 4.78 is 18.9. The number of ketones is 1. The number of carbonyl (C=O) groups is 1. The van der Waals surface area contributed by atoms with Crippen molar-refractivity contribution in [3.8, 4) is 5.75 Å². The van der Waals surface area contributed by atoms with Gasteiger partial charge in [0.05, 0.1) is 12.7 Å². The maximum absolute atomic E-state index is 14.0. The van der Waals surface area contributed by atoms with Gasteiger partial charge in [-0.25, -0.2) is 4.39 Å². The van der Waals surface area contributed by atoms with Crippen LogP contribution in [0.25, 0.3) is 0 Å². The van der Waals surface area contributed by atoms with Gasteiger partial charge in [0.25, 0.3) is 0 Å². The summed E-state index contributed by atoms with van der Waals surface area (Å²) in [5.41, 5.74) is 2.33. The van der Waals surface area contributed by atoms with Gasteiger partial charge in [0.2, 0.25) is 0 Å². The molecule has 2 aromatic carbocycles. The third kappa shape index (κ3) is 3.23. The van der Waals surface area contributed by atoms with Crippen molar-refractivity contribution >= 4 is 5.78 Å². The Morgan fingerprint density at radius 3 is 2.65 bits per heavy atom. The van der Waals surface area contributed by atoms with Crippen LogP contribution in [-0.2, 0) is 6.42 Å². The molecule has 0 fully saturated rings. The summed E-state index contributed by atoms with van der Waals surface area (Å²) in [6.45, 7) is 2.01. The van der Waals surface area contributed by atoms with Crippen LogP contribution < -0.4 is 4.74 Å². The number of benzene rings is 2. The summed E-state index contributed by atoms with van der Waals surface area (Å²) in [5.74, 6) is -0.682. The van der Waals surface area contributed by atoms with Crippen molar-refractivity contribution in [1.29, 1.82) is 0 Å². The molecule has 2 aromatic rings. The number of Topliss-reactive ketones (excluding diaryl/α,β-unsaturated/α-hetero) is 1. The third-order valence-electron chi connectivity index (χ3n) is 3.21. The van der Waals surface area contributed by atoms with Crippen LogP contribution in [0.4, 0.5) is 4.39 Å². The van der Waals surface area contributed by atoms with Gasteiger partial charge in [-0.3, -0.25) is 4.79 Å². The van der Waals surface area contributed by atoms with Crippen molar-refractivity contribution in [2.24, 2.45) is 0 Å². The first kappa shape index (κ1) is 14.3. The molecule has 104 valence electrons. The Labute approximate surface area is 118 Å². The average molecular weight is 272 g/mol. The molecule has 0 aromatic heterocycles. The van der Waals surface area contributed by atoms with Gasteiger partial charge in [-0.2, -0.15) is 0 Å². The second-order valence-corrected chi connectivity index (χ2v) is 4.73. The van der Waals surface area contributed by atoms with E-state index >= 15 is 0 Å². The molecular weight excluding hydrogens is 255 g/mol. The Bertz CT molecular complexity index is 620. The molecule has 0 amide bonds. The Balaban J connectivity index is 2.09. The SMILES string of the molecule is COc1cccc(C(=O)CCc2cccc(C)c2)c1F. The summed E-state index contributed by atoms with van der Waals surface area (Å²) in [5, 5.41) is 0. The summed E-state index contributed by atoms with van der Waals surface area (Å²) in [6, 6.07) is 12.6. The van der Waals surface area contributed by atoms with Crippen molar-refractivity contribution in [3.63, 3.8) is 0 Å². The summed E-state index contributed by atoms with van der Waals surface area (Å²) in [7, 11) is 1.39. The molecule has 0 bridgehead atoms. The highest BCUT2D eigenvalue weighted by molar-refractivity contribution is 5.96. The quantitative estimate of drug-likeness (QED) is 0.770. The number of rotatable bonds is 5. The van der Waals surface area contributed by atoms with Crippen LogP contribution in [0.1, 0.15) is 27.9 Å². The number of hydrogen-bond donors (Lipinski definition) is 0. The smallest absolute Gasteiger partial charge is 0.175 e. The predicted molar refractivity (Wildman–Crippen MR) is 76.8 cm³/mol. The van der Waals surface area contributed by atoms with Gasteiger partial charge in [-0.05, 0) is 31.0 Å². The van der Waals surface area contributed by atoms with Gasteiger partial charge in [0.15, 0.2) is 17.3 Å². The zero-order valence-corrected chi connectivity index (χ0v) is 11.7. The molecule has 0 N–H and O–H groups in total. The van der Waals surface area contributed by atoms with Gasteiger partial charge < -0.3 is 4.74 Å². The van der Waals surface area contributed by atoms with Crippen LogP contribution in [0, 0.1) is 12.7 Å². The van der Waals surface area contributed by atoms with E-state index in [1.54, 1.807) is 6.07 Å². The fourth-order valence-corrected chi connectivity index (χ4v) is 2.14. The van der Waals surface area contributed by atoms with Crippen molar-refractivity contribution < 1.29 is 13.9 Å². The van der Waals surface area contributed by atoms with Crippen LogP contribution in [-0.4, -0.2) is 12.9 Å². The normalized spacial score (nSPS) is 10.3. The molecule has 20 heavy (non-hydrogen) atoms.